The van der Waals surface area contributed by atoms with Crippen molar-refractivity contribution in [3.05, 3.63) is 29.8 Å². The molecule has 0 radical (unpaired) electrons. The Balaban J connectivity index is 1.73. The van der Waals surface area contributed by atoms with Crippen LogP contribution in [0.2, 0.25) is 0 Å². The van der Waals surface area contributed by atoms with Gasteiger partial charge in [-0.05, 0) is 37.3 Å². The van der Waals surface area contributed by atoms with E-state index in [2.05, 4.69) is 5.32 Å². The van der Waals surface area contributed by atoms with Gasteiger partial charge in [-0.25, -0.2) is 4.79 Å². The van der Waals surface area contributed by atoms with Gasteiger partial charge in [0.2, 0.25) is 0 Å². The summed E-state index contributed by atoms with van der Waals surface area (Å²) in [7, 11) is 0. The molecular weight excluding hydrogens is 256 g/mol. The zero-order valence-corrected chi connectivity index (χ0v) is 11.3. The van der Waals surface area contributed by atoms with Crippen LogP contribution in [-0.2, 0) is 11.2 Å². The molecule has 1 fully saturated rings. The highest BCUT2D eigenvalue weighted by atomic mass is 16.4. The number of carboxylic acids is 1. The Bertz CT molecular complexity index is 552. The molecule has 0 bridgehead atoms. The van der Waals surface area contributed by atoms with Crippen molar-refractivity contribution < 1.29 is 14.7 Å². The van der Waals surface area contributed by atoms with E-state index >= 15 is 0 Å². The zero-order chi connectivity index (χ0) is 14.2. The van der Waals surface area contributed by atoms with Crippen molar-refractivity contribution in [2.45, 2.75) is 37.6 Å². The average Bonchev–Trinajstić information content (AvgIpc) is 2.79. The number of urea groups is 1. The number of hydrogen-bond acceptors (Lipinski definition) is 2. The minimum Gasteiger partial charge on any atom is -0.481 e. The number of benzene rings is 1. The summed E-state index contributed by atoms with van der Waals surface area (Å²) in [5.41, 5.74) is 1.57. The van der Waals surface area contributed by atoms with Gasteiger partial charge in [0, 0.05) is 12.2 Å². The van der Waals surface area contributed by atoms with Gasteiger partial charge in [-0.15, -0.1) is 0 Å². The number of amides is 2. The highest BCUT2D eigenvalue weighted by molar-refractivity contribution is 5.95. The number of aliphatic carboxylic acids is 1. The van der Waals surface area contributed by atoms with Crippen molar-refractivity contribution in [1.82, 2.24) is 5.32 Å². The summed E-state index contributed by atoms with van der Waals surface area (Å²) >= 11 is 0. The number of para-hydroxylation sites is 1. The maximum Gasteiger partial charge on any atom is 0.322 e. The number of fused-ring (bicyclic) bond motifs is 1. The number of carboxylic acid groups (broad SMARTS) is 1. The van der Waals surface area contributed by atoms with Crippen LogP contribution in [0.4, 0.5) is 10.5 Å². The van der Waals surface area contributed by atoms with Gasteiger partial charge >= 0.3 is 12.0 Å². The monoisotopic (exact) mass is 274 g/mol. The Morgan fingerprint density at radius 3 is 2.70 bits per heavy atom. The van der Waals surface area contributed by atoms with Gasteiger partial charge in [-0.2, -0.15) is 0 Å². The van der Waals surface area contributed by atoms with Gasteiger partial charge < -0.3 is 10.4 Å². The van der Waals surface area contributed by atoms with Gasteiger partial charge in [-0.1, -0.05) is 18.2 Å². The molecule has 0 spiro atoms. The first-order valence-electron chi connectivity index (χ1n) is 6.99. The number of anilines is 1. The van der Waals surface area contributed by atoms with Crippen LogP contribution >= 0.6 is 0 Å². The molecule has 0 atom stereocenters. The number of nitrogens with zero attached hydrogens (tertiary/aromatic N) is 1. The number of carbonyl (C=O) groups is 2. The summed E-state index contributed by atoms with van der Waals surface area (Å²) in [4.78, 5) is 25.1. The van der Waals surface area contributed by atoms with Gasteiger partial charge in [-0.3, -0.25) is 9.69 Å². The van der Waals surface area contributed by atoms with E-state index in [0.29, 0.717) is 6.54 Å². The van der Waals surface area contributed by atoms with Crippen LogP contribution < -0.4 is 10.2 Å². The first-order chi connectivity index (χ1) is 9.60. The summed E-state index contributed by atoms with van der Waals surface area (Å²) in [6, 6.07) is 7.68. The Kier molecular flexibility index (Phi) is 3.12. The topological polar surface area (TPSA) is 69.6 Å². The minimum atomic E-state index is -0.855. The fraction of sp³-hybridized carbons (Fsp3) is 0.467. The quantitative estimate of drug-likeness (QED) is 0.887. The van der Waals surface area contributed by atoms with Crippen LogP contribution in [0.5, 0.6) is 0 Å². The summed E-state index contributed by atoms with van der Waals surface area (Å²) < 4.78 is 0. The van der Waals surface area contributed by atoms with Crippen molar-refractivity contribution in [1.29, 1.82) is 0 Å². The molecule has 1 aromatic rings. The molecule has 1 aromatic carbocycles. The molecule has 1 aliphatic carbocycles. The predicted molar refractivity (Wildman–Crippen MR) is 74.9 cm³/mol. The molecule has 0 aromatic heterocycles. The lowest BCUT2D eigenvalue weighted by atomic mass is 9.74. The van der Waals surface area contributed by atoms with E-state index in [9.17, 15) is 9.59 Å². The molecule has 5 heteroatoms. The minimum absolute atomic E-state index is 0.00816. The third-order valence-corrected chi connectivity index (χ3v) is 4.30. The van der Waals surface area contributed by atoms with Crippen LogP contribution in [0.25, 0.3) is 0 Å². The Morgan fingerprint density at radius 2 is 2.05 bits per heavy atom. The third kappa shape index (κ3) is 2.24. The smallest absolute Gasteiger partial charge is 0.322 e. The normalized spacial score (nSPS) is 19.1. The van der Waals surface area contributed by atoms with E-state index in [-0.39, 0.29) is 12.5 Å². The molecule has 1 aliphatic heterocycles. The average molecular weight is 274 g/mol. The summed E-state index contributed by atoms with van der Waals surface area (Å²) in [6.07, 6.45) is 3.34. The second kappa shape index (κ2) is 4.81. The number of carbonyl (C=O) groups excluding carboxylic acids is 1. The second-order valence-electron chi connectivity index (χ2n) is 5.66. The zero-order valence-electron chi connectivity index (χ0n) is 11.3. The van der Waals surface area contributed by atoms with E-state index in [1.165, 1.54) is 5.56 Å². The highest BCUT2D eigenvalue weighted by Crippen LogP contribution is 2.36. The second-order valence-corrected chi connectivity index (χ2v) is 5.66. The largest absolute Gasteiger partial charge is 0.481 e. The SMILES string of the molecule is O=C(O)CC1(NC(=O)N2CCc3ccccc32)CCC1. The third-order valence-electron chi connectivity index (χ3n) is 4.30. The Morgan fingerprint density at radius 1 is 1.30 bits per heavy atom. The molecule has 5 nitrogen and oxygen atoms in total. The molecule has 1 heterocycles. The van der Waals surface area contributed by atoms with Crippen LogP contribution in [-0.4, -0.2) is 29.2 Å². The van der Waals surface area contributed by atoms with Crippen LogP contribution in [0, 0.1) is 0 Å². The lowest BCUT2D eigenvalue weighted by Gasteiger charge is -2.42. The van der Waals surface area contributed by atoms with Crippen molar-refractivity contribution in [3.63, 3.8) is 0 Å². The molecule has 106 valence electrons. The number of rotatable bonds is 3. The molecule has 0 unspecified atom stereocenters. The van der Waals surface area contributed by atoms with Crippen molar-refractivity contribution in [2.24, 2.45) is 0 Å². The van der Waals surface area contributed by atoms with Crippen LogP contribution in [0.1, 0.15) is 31.2 Å². The molecule has 3 rings (SSSR count). The first kappa shape index (κ1) is 13.0. The lowest BCUT2D eigenvalue weighted by Crippen LogP contribution is -2.58. The molecule has 0 saturated heterocycles. The maximum absolute atomic E-state index is 12.4. The van der Waals surface area contributed by atoms with E-state index in [4.69, 9.17) is 5.11 Å². The molecule has 2 N–H and O–H groups in total. The number of hydrogen-bond donors (Lipinski definition) is 2. The van der Waals surface area contributed by atoms with Gasteiger partial charge in [0.25, 0.3) is 0 Å². The summed E-state index contributed by atoms with van der Waals surface area (Å²) in [5, 5.41) is 11.9. The standard InChI is InChI=1S/C15H18N2O3/c18-13(19)10-15(7-3-8-15)16-14(20)17-9-6-11-4-1-2-5-12(11)17/h1-2,4-5H,3,6-10H2,(H,16,20)(H,18,19). The first-order valence-corrected chi connectivity index (χ1v) is 6.99. The van der Waals surface area contributed by atoms with Crippen molar-refractivity contribution >= 4 is 17.7 Å². The van der Waals surface area contributed by atoms with Gasteiger partial charge in [0.1, 0.15) is 0 Å². The number of nitrogens with one attached hydrogen (secondary N) is 1. The van der Waals surface area contributed by atoms with Gasteiger partial charge in [0.15, 0.2) is 0 Å². The van der Waals surface area contributed by atoms with E-state index in [1.54, 1.807) is 4.90 Å². The fourth-order valence-corrected chi connectivity index (χ4v) is 3.08. The summed E-state index contributed by atoms with van der Waals surface area (Å²) in [5.74, 6) is -0.855. The maximum atomic E-state index is 12.4. The lowest BCUT2D eigenvalue weighted by molar-refractivity contribution is -0.139. The molecule has 20 heavy (non-hydrogen) atoms. The van der Waals surface area contributed by atoms with Crippen molar-refractivity contribution in [2.75, 3.05) is 11.4 Å². The Hall–Kier alpha value is -2.04. The van der Waals surface area contributed by atoms with Crippen LogP contribution in [0.3, 0.4) is 0 Å². The Labute approximate surface area is 117 Å². The predicted octanol–water partition coefficient (Wildman–Crippen LogP) is 2.16. The van der Waals surface area contributed by atoms with E-state index < -0.39 is 11.5 Å². The van der Waals surface area contributed by atoms with E-state index in [1.807, 2.05) is 24.3 Å². The molecule has 2 aliphatic rings. The highest BCUT2D eigenvalue weighted by Gasteiger charge is 2.41. The summed E-state index contributed by atoms with van der Waals surface area (Å²) in [6.45, 7) is 0.661. The molecular formula is C15H18N2O3. The molecule has 1 saturated carbocycles. The van der Waals surface area contributed by atoms with Crippen LogP contribution in [0.15, 0.2) is 24.3 Å². The van der Waals surface area contributed by atoms with Crippen molar-refractivity contribution in [3.8, 4) is 0 Å². The van der Waals surface area contributed by atoms with E-state index in [0.717, 1.165) is 31.4 Å². The fourth-order valence-electron chi connectivity index (χ4n) is 3.08. The van der Waals surface area contributed by atoms with Gasteiger partial charge in [0.05, 0.1) is 12.0 Å². The molecule has 2 amide bonds.